The Labute approximate surface area is 111 Å². The average molecular weight is 264 g/mol. The number of hydrogen-bond acceptors (Lipinski definition) is 5. The quantitative estimate of drug-likeness (QED) is 0.602. The molecule has 0 saturated heterocycles. The molecule has 1 heterocycles. The molecular weight excluding hydrogens is 248 g/mol. The van der Waals surface area contributed by atoms with E-state index in [1.807, 2.05) is 0 Å². The normalized spacial score (nSPS) is 13.8. The third-order valence-corrected chi connectivity index (χ3v) is 2.41. The van der Waals surface area contributed by atoms with Crippen molar-refractivity contribution < 1.29 is 19.0 Å². The van der Waals surface area contributed by atoms with Crippen LogP contribution in [0.4, 0.5) is 5.69 Å². The molecule has 0 aliphatic carbocycles. The molecule has 6 heteroatoms. The Morgan fingerprint density at radius 2 is 2.11 bits per heavy atom. The first-order valence-corrected chi connectivity index (χ1v) is 5.97. The highest BCUT2D eigenvalue weighted by molar-refractivity contribution is 5.91. The fourth-order valence-electron chi connectivity index (χ4n) is 1.47. The third kappa shape index (κ3) is 4.09. The van der Waals surface area contributed by atoms with Gasteiger partial charge in [0, 0.05) is 5.69 Å². The molecule has 1 amide bonds. The van der Waals surface area contributed by atoms with E-state index in [4.69, 9.17) is 19.9 Å². The van der Waals surface area contributed by atoms with Crippen LogP contribution in [0.15, 0.2) is 36.3 Å². The van der Waals surface area contributed by atoms with Crippen LogP contribution in [0.2, 0.25) is 0 Å². The Balaban J connectivity index is 1.67. The number of anilines is 1. The first-order valence-electron chi connectivity index (χ1n) is 5.97. The molecule has 1 aromatic rings. The molecule has 3 N–H and O–H groups in total. The number of ether oxygens (including phenoxy) is 3. The number of benzene rings is 1. The summed E-state index contributed by atoms with van der Waals surface area (Å²) in [5.74, 6) is 0.597. The van der Waals surface area contributed by atoms with Crippen molar-refractivity contribution in [3.63, 3.8) is 0 Å². The molecule has 102 valence electrons. The van der Waals surface area contributed by atoms with Gasteiger partial charge in [-0.3, -0.25) is 4.79 Å². The number of carbonyl (C=O) groups is 1. The predicted molar refractivity (Wildman–Crippen MR) is 69.3 cm³/mol. The highest BCUT2D eigenvalue weighted by atomic mass is 16.6. The van der Waals surface area contributed by atoms with Gasteiger partial charge in [0.05, 0.1) is 6.54 Å². The molecule has 0 fully saturated rings. The molecule has 1 aromatic carbocycles. The van der Waals surface area contributed by atoms with Crippen molar-refractivity contribution in [2.75, 3.05) is 32.1 Å². The lowest BCUT2D eigenvalue weighted by Gasteiger charge is -2.15. The molecule has 2 rings (SSSR count). The molecule has 0 bridgehead atoms. The fraction of sp³-hybridized carbons (Fsp3) is 0.308. The Morgan fingerprint density at radius 1 is 1.32 bits per heavy atom. The predicted octanol–water partition coefficient (Wildman–Crippen LogP) is 0.652. The lowest BCUT2D eigenvalue weighted by Crippen LogP contribution is -2.31. The summed E-state index contributed by atoms with van der Waals surface area (Å²) in [6.07, 6.45) is 1.32. The standard InChI is InChI=1S/C13H16N2O4/c14-10-1-3-11(4-2-10)18-6-5-15-13(16)12-9-17-7-8-19-12/h1-4,9H,5-8,14H2,(H,15,16). The van der Waals surface area contributed by atoms with Gasteiger partial charge in [0.15, 0.2) is 0 Å². The van der Waals surface area contributed by atoms with E-state index in [9.17, 15) is 4.79 Å². The summed E-state index contributed by atoms with van der Waals surface area (Å²) in [7, 11) is 0. The topological polar surface area (TPSA) is 82.8 Å². The minimum absolute atomic E-state index is 0.193. The highest BCUT2D eigenvalue weighted by Crippen LogP contribution is 2.12. The van der Waals surface area contributed by atoms with Crippen molar-refractivity contribution in [1.82, 2.24) is 5.32 Å². The summed E-state index contributed by atoms with van der Waals surface area (Å²) in [6.45, 7) is 1.60. The van der Waals surface area contributed by atoms with E-state index >= 15 is 0 Å². The molecule has 1 aliphatic heterocycles. The lowest BCUT2D eigenvalue weighted by atomic mass is 10.3. The lowest BCUT2D eigenvalue weighted by molar-refractivity contribution is -0.122. The maximum atomic E-state index is 11.6. The van der Waals surface area contributed by atoms with E-state index in [0.717, 1.165) is 0 Å². The summed E-state index contributed by atoms with van der Waals surface area (Å²) in [5, 5.41) is 2.67. The maximum Gasteiger partial charge on any atom is 0.289 e. The molecule has 0 radical (unpaired) electrons. The monoisotopic (exact) mass is 264 g/mol. The molecule has 19 heavy (non-hydrogen) atoms. The second-order valence-electron chi connectivity index (χ2n) is 3.87. The molecule has 0 spiro atoms. The summed E-state index contributed by atoms with van der Waals surface area (Å²) in [6, 6.07) is 7.06. The smallest absolute Gasteiger partial charge is 0.289 e. The number of hydrogen-bond donors (Lipinski definition) is 2. The second kappa shape index (κ2) is 6.53. The van der Waals surface area contributed by atoms with Crippen LogP contribution >= 0.6 is 0 Å². The van der Waals surface area contributed by atoms with Crippen molar-refractivity contribution >= 4 is 11.6 Å². The van der Waals surface area contributed by atoms with E-state index in [1.54, 1.807) is 24.3 Å². The van der Waals surface area contributed by atoms with Gasteiger partial charge < -0.3 is 25.3 Å². The van der Waals surface area contributed by atoms with E-state index in [1.165, 1.54) is 6.26 Å². The molecule has 0 aromatic heterocycles. The minimum atomic E-state index is -0.305. The van der Waals surface area contributed by atoms with Crippen molar-refractivity contribution in [2.24, 2.45) is 0 Å². The number of rotatable bonds is 5. The van der Waals surface area contributed by atoms with Crippen LogP contribution in [0.25, 0.3) is 0 Å². The summed E-state index contributed by atoms with van der Waals surface area (Å²) in [5.41, 5.74) is 6.24. The van der Waals surface area contributed by atoms with E-state index in [0.29, 0.717) is 37.8 Å². The van der Waals surface area contributed by atoms with Crippen molar-refractivity contribution in [3.05, 3.63) is 36.3 Å². The number of amides is 1. The van der Waals surface area contributed by atoms with E-state index in [2.05, 4.69) is 5.32 Å². The van der Waals surface area contributed by atoms with Crippen LogP contribution in [-0.2, 0) is 14.3 Å². The summed E-state index contributed by atoms with van der Waals surface area (Å²) in [4.78, 5) is 11.6. The highest BCUT2D eigenvalue weighted by Gasteiger charge is 2.13. The Morgan fingerprint density at radius 3 is 2.79 bits per heavy atom. The third-order valence-electron chi connectivity index (χ3n) is 2.41. The Hall–Kier alpha value is -2.37. The van der Waals surface area contributed by atoms with Crippen LogP contribution in [0.5, 0.6) is 5.75 Å². The van der Waals surface area contributed by atoms with Gasteiger partial charge >= 0.3 is 0 Å². The van der Waals surface area contributed by atoms with Gasteiger partial charge in [-0.05, 0) is 24.3 Å². The van der Waals surface area contributed by atoms with Crippen molar-refractivity contribution in [1.29, 1.82) is 0 Å². The fourth-order valence-corrected chi connectivity index (χ4v) is 1.47. The van der Waals surface area contributed by atoms with Gasteiger partial charge in [0.2, 0.25) is 5.76 Å². The number of carbonyl (C=O) groups excluding carboxylic acids is 1. The van der Waals surface area contributed by atoms with Crippen molar-refractivity contribution in [2.45, 2.75) is 0 Å². The van der Waals surface area contributed by atoms with Crippen LogP contribution in [0.3, 0.4) is 0 Å². The van der Waals surface area contributed by atoms with Crippen LogP contribution in [-0.4, -0.2) is 32.3 Å². The SMILES string of the molecule is Nc1ccc(OCCNC(=O)C2=COCCO2)cc1. The summed E-state index contributed by atoms with van der Waals surface area (Å²) < 4.78 is 15.6. The van der Waals surface area contributed by atoms with Gasteiger partial charge in [-0.2, -0.15) is 0 Å². The van der Waals surface area contributed by atoms with Gasteiger partial charge in [-0.1, -0.05) is 0 Å². The zero-order chi connectivity index (χ0) is 13.5. The van der Waals surface area contributed by atoms with E-state index in [-0.39, 0.29) is 11.7 Å². The average Bonchev–Trinajstić information content (AvgIpc) is 2.46. The molecule has 0 atom stereocenters. The summed E-state index contributed by atoms with van der Waals surface area (Å²) >= 11 is 0. The molecule has 6 nitrogen and oxygen atoms in total. The zero-order valence-electron chi connectivity index (χ0n) is 10.4. The van der Waals surface area contributed by atoms with E-state index < -0.39 is 0 Å². The van der Waals surface area contributed by atoms with Gasteiger partial charge in [-0.15, -0.1) is 0 Å². The van der Waals surface area contributed by atoms with Gasteiger partial charge in [0.25, 0.3) is 5.91 Å². The van der Waals surface area contributed by atoms with Crippen LogP contribution < -0.4 is 15.8 Å². The molecule has 0 unspecified atom stereocenters. The Kier molecular flexibility index (Phi) is 4.49. The number of nitrogens with two attached hydrogens (primary N) is 1. The van der Waals surface area contributed by atoms with Gasteiger partial charge in [0.1, 0.15) is 31.8 Å². The number of nitrogen functional groups attached to an aromatic ring is 1. The Bertz CT molecular complexity index is 456. The second-order valence-corrected chi connectivity index (χ2v) is 3.87. The maximum absolute atomic E-state index is 11.6. The first kappa shape index (κ1) is 13.1. The number of nitrogens with one attached hydrogen (secondary N) is 1. The molecule has 1 aliphatic rings. The van der Waals surface area contributed by atoms with Crippen LogP contribution in [0.1, 0.15) is 0 Å². The molecular formula is C13H16N2O4. The largest absolute Gasteiger partial charge is 0.494 e. The minimum Gasteiger partial charge on any atom is -0.494 e. The van der Waals surface area contributed by atoms with Crippen molar-refractivity contribution in [3.8, 4) is 5.75 Å². The zero-order valence-corrected chi connectivity index (χ0v) is 10.4. The van der Waals surface area contributed by atoms with Gasteiger partial charge in [-0.25, -0.2) is 0 Å². The first-order chi connectivity index (χ1) is 9.25. The van der Waals surface area contributed by atoms with Crippen LogP contribution in [0, 0.1) is 0 Å². The molecule has 0 saturated carbocycles.